The molecule has 1 aromatic heterocycles. The fraction of sp³-hybridized carbons (Fsp3) is 0.412. The number of aromatic amines is 1. The first-order valence-electron chi connectivity index (χ1n) is 8.20. The van der Waals surface area contributed by atoms with Crippen molar-refractivity contribution < 1.29 is 9.72 Å². The number of ketones is 1. The molecule has 2 rings (SSSR count). The minimum atomic E-state index is -0.505. The van der Waals surface area contributed by atoms with E-state index in [2.05, 4.69) is 10.4 Å². The molecule has 134 valence electrons. The Labute approximate surface area is 145 Å². The van der Waals surface area contributed by atoms with Gasteiger partial charge in [0.05, 0.1) is 22.8 Å². The third-order valence-electron chi connectivity index (χ3n) is 3.81. The Morgan fingerprint density at radius 3 is 2.48 bits per heavy atom. The van der Waals surface area contributed by atoms with Gasteiger partial charge in [-0.2, -0.15) is 0 Å². The van der Waals surface area contributed by atoms with E-state index in [9.17, 15) is 19.7 Å². The number of hydrogen-bond donors (Lipinski definition) is 2. The van der Waals surface area contributed by atoms with E-state index in [1.165, 1.54) is 28.9 Å². The maximum Gasteiger partial charge on any atom is 0.282 e. The zero-order chi connectivity index (χ0) is 18.6. The summed E-state index contributed by atoms with van der Waals surface area (Å²) in [4.78, 5) is 35.5. The third-order valence-corrected chi connectivity index (χ3v) is 3.81. The van der Waals surface area contributed by atoms with Crippen LogP contribution in [-0.4, -0.2) is 33.6 Å². The monoisotopic (exact) mass is 346 g/mol. The van der Waals surface area contributed by atoms with E-state index in [1.54, 1.807) is 0 Å². The zero-order valence-corrected chi connectivity index (χ0v) is 14.5. The van der Waals surface area contributed by atoms with Gasteiger partial charge < -0.3 is 5.32 Å². The summed E-state index contributed by atoms with van der Waals surface area (Å²) in [6, 6.07) is 5.59. The number of nitro benzene ring substituents is 1. The van der Waals surface area contributed by atoms with Crippen molar-refractivity contribution >= 4 is 11.5 Å². The van der Waals surface area contributed by atoms with Crippen molar-refractivity contribution in [1.29, 1.82) is 0 Å². The van der Waals surface area contributed by atoms with Crippen LogP contribution in [0.4, 0.5) is 5.69 Å². The lowest BCUT2D eigenvalue weighted by Crippen LogP contribution is -2.29. The van der Waals surface area contributed by atoms with Crippen LogP contribution in [0.25, 0.3) is 5.69 Å². The van der Waals surface area contributed by atoms with Crippen molar-refractivity contribution in [2.45, 2.75) is 33.1 Å². The predicted molar refractivity (Wildman–Crippen MR) is 94.6 cm³/mol. The molecule has 1 aromatic carbocycles. The van der Waals surface area contributed by atoms with Gasteiger partial charge in [0.2, 0.25) is 0 Å². The number of benzene rings is 1. The van der Waals surface area contributed by atoms with Gasteiger partial charge in [-0.15, -0.1) is 0 Å². The predicted octanol–water partition coefficient (Wildman–Crippen LogP) is 2.38. The van der Waals surface area contributed by atoms with Crippen molar-refractivity contribution in [2.24, 2.45) is 0 Å². The van der Waals surface area contributed by atoms with Crippen LogP contribution in [0.2, 0.25) is 0 Å². The maximum absolute atomic E-state index is 12.7. The Morgan fingerprint density at radius 1 is 1.32 bits per heavy atom. The van der Waals surface area contributed by atoms with Crippen molar-refractivity contribution in [3.63, 3.8) is 0 Å². The largest absolute Gasteiger partial charge is 0.310 e. The molecule has 0 amide bonds. The second-order valence-electron chi connectivity index (χ2n) is 6.07. The lowest BCUT2D eigenvalue weighted by atomic mass is 10.0. The van der Waals surface area contributed by atoms with Gasteiger partial charge in [0.25, 0.3) is 11.2 Å². The SMILES string of the molecule is CCCNCC(=O)c1c(C(C)C)[nH]n(-c2ccc([N+](=O)[O-])cc2)c1=O. The van der Waals surface area contributed by atoms with Gasteiger partial charge >= 0.3 is 0 Å². The fourth-order valence-corrected chi connectivity index (χ4v) is 2.51. The standard InChI is InChI=1S/C17H22N4O4/c1-4-9-18-10-14(22)15-16(11(2)3)19-20(17(15)23)12-5-7-13(8-6-12)21(24)25/h5-8,11,18-19H,4,9-10H2,1-3H3. The van der Waals surface area contributed by atoms with Gasteiger partial charge in [0.1, 0.15) is 5.56 Å². The van der Waals surface area contributed by atoms with Gasteiger partial charge in [-0.1, -0.05) is 20.8 Å². The van der Waals surface area contributed by atoms with Crippen LogP contribution in [0.3, 0.4) is 0 Å². The molecule has 0 saturated carbocycles. The summed E-state index contributed by atoms with van der Waals surface area (Å²) < 4.78 is 1.26. The Kier molecular flexibility index (Phi) is 5.87. The summed E-state index contributed by atoms with van der Waals surface area (Å²) in [6.07, 6.45) is 0.893. The number of carbonyl (C=O) groups excluding carboxylic acids is 1. The number of Topliss-reactive ketones (excluding diaryl/α,β-unsaturated/α-hetero) is 1. The molecular formula is C17H22N4O4. The second-order valence-corrected chi connectivity index (χ2v) is 6.07. The molecule has 2 N–H and O–H groups in total. The first-order valence-corrected chi connectivity index (χ1v) is 8.20. The average Bonchev–Trinajstić information content (AvgIpc) is 2.92. The molecule has 0 saturated heterocycles. The Balaban J connectivity index is 2.43. The summed E-state index contributed by atoms with van der Waals surface area (Å²) in [6.45, 7) is 6.57. The summed E-state index contributed by atoms with van der Waals surface area (Å²) >= 11 is 0. The number of H-pyrrole nitrogens is 1. The van der Waals surface area contributed by atoms with Gasteiger partial charge in [-0.3, -0.25) is 24.8 Å². The molecular weight excluding hydrogens is 324 g/mol. The molecule has 0 aliphatic carbocycles. The number of nitro groups is 1. The summed E-state index contributed by atoms with van der Waals surface area (Å²) in [5.74, 6) is -0.309. The molecule has 0 fully saturated rings. The van der Waals surface area contributed by atoms with Crippen molar-refractivity contribution in [1.82, 2.24) is 15.1 Å². The molecule has 0 unspecified atom stereocenters. The number of nitrogens with zero attached hydrogens (tertiary/aromatic N) is 2. The minimum absolute atomic E-state index is 0.0443. The zero-order valence-electron chi connectivity index (χ0n) is 14.5. The van der Waals surface area contributed by atoms with Crippen LogP contribution in [0.1, 0.15) is 49.2 Å². The highest BCUT2D eigenvalue weighted by Crippen LogP contribution is 2.18. The van der Waals surface area contributed by atoms with Gasteiger partial charge in [0.15, 0.2) is 5.78 Å². The quantitative estimate of drug-likeness (QED) is 0.330. The van der Waals surface area contributed by atoms with E-state index in [4.69, 9.17) is 0 Å². The van der Waals surface area contributed by atoms with E-state index < -0.39 is 10.5 Å². The smallest absolute Gasteiger partial charge is 0.282 e. The number of rotatable bonds is 8. The lowest BCUT2D eigenvalue weighted by molar-refractivity contribution is -0.384. The number of hydrogen-bond acceptors (Lipinski definition) is 5. The maximum atomic E-state index is 12.7. The third kappa shape index (κ3) is 4.03. The normalized spacial score (nSPS) is 11.0. The summed E-state index contributed by atoms with van der Waals surface area (Å²) in [7, 11) is 0. The Bertz CT molecular complexity index is 818. The number of nitrogens with one attached hydrogen (secondary N) is 2. The average molecular weight is 346 g/mol. The number of carbonyl (C=O) groups is 1. The van der Waals surface area contributed by atoms with Gasteiger partial charge in [-0.05, 0) is 31.0 Å². The van der Waals surface area contributed by atoms with Crippen LogP contribution in [0.15, 0.2) is 29.1 Å². The Hall–Kier alpha value is -2.74. The molecule has 0 bridgehead atoms. The highest BCUT2D eigenvalue weighted by Gasteiger charge is 2.23. The fourth-order valence-electron chi connectivity index (χ4n) is 2.51. The second kappa shape index (κ2) is 7.89. The van der Waals surface area contributed by atoms with Gasteiger partial charge in [-0.25, -0.2) is 4.68 Å². The van der Waals surface area contributed by atoms with Crippen molar-refractivity contribution in [3.8, 4) is 5.69 Å². The Morgan fingerprint density at radius 2 is 1.96 bits per heavy atom. The van der Waals surface area contributed by atoms with E-state index in [1.807, 2.05) is 20.8 Å². The van der Waals surface area contributed by atoms with Crippen LogP contribution < -0.4 is 10.9 Å². The minimum Gasteiger partial charge on any atom is -0.310 e. The van der Waals surface area contributed by atoms with E-state index in [0.717, 1.165) is 6.42 Å². The van der Waals surface area contributed by atoms with Crippen LogP contribution in [-0.2, 0) is 0 Å². The molecule has 0 spiro atoms. The van der Waals surface area contributed by atoms with E-state index >= 15 is 0 Å². The summed E-state index contributed by atoms with van der Waals surface area (Å²) in [5.41, 5.74) is 0.634. The molecule has 1 heterocycles. The lowest BCUT2D eigenvalue weighted by Gasteiger charge is -2.05. The molecule has 8 nitrogen and oxygen atoms in total. The molecule has 8 heteroatoms. The molecule has 0 radical (unpaired) electrons. The van der Waals surface area contributed by atoms with Crippen molar-refractivity contribution in [2.75, 3.05) is 13.1 Å². The first kappa shape index (κ1) is 18.6. The molecule has 0 aliphatic rings. The van der Waals surface area contributed by atoms with Gasteiger partial charge in [0, 0.05) is 12.1 Å². The molecule has 0 aliphatic heterocycles. The molecule has 0 atom stereocenters. The number of non-ortho nitro benzene ring substituents is 1. The molecule has 2 aromatic rings. The topological polar surface area (TPSA) is 110 Å². The van der Waals surface area contributed by atoms with E-state index in [0.29, 0.717) is 17.9 Å². The number of aromatic nitrogens is 2. The molecule has 25 heavy (non-hydrogen) atoms. The highest BCUT2D eigenvalue weighted by atomic mass is 16.6. The highest BCUT2D eigenvalue weighted by molar-refractivity contribution is 5.98. The summed E-state index contributed by atoms with van der Waals surface area (Å²) in [5, 5.41) is 16.7. The van der Waals surface area contributed by atoms with Crippen LogP contribution in [0.5, 0.6) is 0 Å². The van der Waals surface area contributed by atoms with E-state index in [-0.39, 0.29) is 29.5 Å². The van der Waals surface area contributed by atoms with Crippen LogP contribution in [0, 0.1) is 10.1 Å². The van der Waals surface area contributed by atoms with Crippen LogP contribution >= 0.6 is 0 Å². The first-order chi connectivity index (χ1) is 11.9. The van der Waals surface area contributed by atoms with Crippen molar-refractivity contribution in [3.05, 3.63) is 56.0 Å².